The zero-order valence-electron chi connectivity index (χ0n) is 24.6. The predicted molar refractivity (Wildman–Crippen MR) is 163 cm³/mol. The van der Waals surface area contributed by atoms with Gasteiger partial charge >= 0.3 is 12.2 Å². The standard InChI is InChI=1S/C31H29F6N7OS/c1-43(24-12-40-11-22(24)34)28-18-7-20(31(35,36)37)17(16-3-4-21(33)26-25(16)19(10-38)27(39)46-26)8-23(18)41-29(42-28)45-14-30-5-2-6-44(30)13-15(32)9-30/h3-4,7-8,15,22,24,40H,2,5-6,9,11-14,39H2,1H3/t15-,22+,24+,30+/m1/s1. The number of anilines is 2. The fraction of sp³-hybridized carbons (Fsp3) is 0.452. The number of likely N-dealkylation sites (N-methyl/N-ethyl adjacent to an activating group) is 1. The molecule has 0 radical (unpaired) electrons. The van der Waals surface area contributed by atoms with Crippen LogP contribution in [0.3, 0.4) is 0 Å². The summed E-state index contributed by atoms with van der Waals surface area (Å²) in [6.07, 6.45) is -5.32. The number of nitrogen functional groups attached to an aromatic ring is 1. The van der Waals surface area contributed by atoms with Crippen LogP contribution in [0.2, 0.25) is 0 Å². The Morgan fingerprint density at radius 2 is 2.02 bits per heavy atom. The molecule has 0 amide bonds. The molecule has 0 aliphatic carbocycles. The largest absolute Gasteiger partial charge is 0.461 e. The summed E-state index contributed by atoms with van der Waals surface area (Å²) >= 11 is 0.779. The van der Waals surface area contributed by atoms with E-state index in [2.05, 4.69) is 20.2 Å². The highest BCUT2D eigenvalue weighted by Crippen LogP contribution is 2.47. The third-order valence-electron chi connectivity index (χ3n) is 9.49. The van der Waals surface area contributed by atoms with Gasteiger partial charge < -0.3 is 20.7 Å². The van der Waals surface area contributed by atoms with Gasteiger partial charge in [-0.15, -0.1) is 11.3 Å². The van der Waals surface area contributed by atoms with Gasteiger partial charge in [-0.25, -0.2) is 13.2 Å². The Morgan fingerprint density at radius 1 is 1.22 bits per heavy atom. The first-order chi connectivity index (χ1) is 21.9. The quantitative estimate of drug-likeness (QED) is 0.249. The molecule has 3 N–H and O–H groups in total. The number of nitriles is 1. The minimum Gasteiger partial charge on any atom is -0.461 e. The van der Waals surface area contributed by atoms with E-state index >= 15 is 0 Å². The molecule has 0 spiro atoms. The number of benzene rings is 2. The molecular formula is C31H29F6N7OS. The van der Waals surface area contributed by atoms with Crippen molar-refractivity contribution < 1.29 is 31.1 Å². The van der Waals surface area contributed by atoms with Gasteiger partial charge in [0.1, 0.15) is 41.7 Å². The van der Waals surface area contributed by atoms with Crippen molar-refractivity contribution >= 4 is 43.1 Å². The van der Waals surface area contributed by atoms with Crippen LogP contribution in [0.25, 0.3) is 32.1 Å². The first-order valence-electron chi connectivity index (χ1n) is 14.8. The number of rotatable bonds is 6. The highest BCUT2D eigenvalue weighted by molar-refractivity contribution is 7.23. The normalized spacial score (nSPS) is 25.0. The second-order valence-electron chi connectivity index (χ2n) is 12.2. The van der Waals surface area contributed by atoms with Gasteiger partial charge in [-0.1, -0.05) is 6.07 Å². The first-order valence-corrected chi connectivity index (χ1v) is 15.7. The SMILES string of the molecule is CN(c1nc(OC[C@@]23CCCN2C[C@H](F)C3)nc2cc(-c3ccc(F)c4sc(N)c(C#N)c34)c(C(F)(F)F)cc12)[C@H]1CNC[C@@H]1F. The van der Waals surface area contributed by atoms with E-state index in [0.717, 1.165) is 42.9 Å². The van der Waals surface area contributed by atoms with Crippen LogP contribution in [0.1, 0.15) is 30.4 Å². The van der Waals surface area contributed by atoms with Crippen molar-refractivity contribution in [1.82, 2.24) is 20.2 Å². The Labute approximate surface area is 263 Å². The Bertz CT molecular complexity index is 1890. The molecule has 4 atom stereocenters. The molecule has 2 aromatic heterocycles. The number of hydrogen-bond acceptors (Lipinski definition) is 9. The molecule has 0 saturated carbocycles. The number of hydrogen-bond donors (Lipinski definition) is 2. The van der Waals surface area contributed by atoms with Crippen LogP contribution in [-0.4, -0.2) is 78.6 Å². The Morgan fingerprint density at radius 3 is 2.74 bits per heavy atom. The van der Waals surface area contributed by atoms with Crippen molar-refractivity contribution in [3.63, 3.8) is 0 Å². The summed E-state index contributed by atoms with van der Waals surface area (Å²) in [5.41, 5.74) is 3.90. The molecule has 7 rings (SSSR count). The molecular weight excluding hydrogens is 632 g/mol. The molecule has 4 aromatic rings. The van der Waals surface area contributed by atoms with E-state index in [-0.39, 0.29) is 80.6 Å². The van der Waals surface area contributed by atoms with Gasteiger partial charge in [-0.2, -0.15) is 28.4 Å². The smallest absolute Gasteiger partial charge is 0.417 e. The highest BCUT2D eigenvalue weighted by Gasteiger charge is 2.49. The van der Waals surface area contributed by atoms with Crippen LogP contribution in [0.15, 0.2) is 24.3 Å². The summed E-state index contributed by atoms with van der Waals surface area (Å²) in [7, 11) is 1.55. The molecule has 3 aliphatic rings. The van der Waals surface area contributed by atoms with E-state index in [1.165, 1.54) is 17.0 Å². The number of nitrogens with zero attached hydrogens (tertiary/aromatic N) is 5. The van der Waals surface area contributed by atoms with E-state index in [0.29, 0.717) is 6.54 Å². The lowest BCUT2D eigenvalue weighted by atomic mass is 9.93. The van der Waals surface area contributed by atoms with E-state index in [1.807, 2.05) is 6.07 Å². The zero-order valence-corrected chi connectivity index (χ0v) is 25.4. The number of aromatic nitrogens is 2. The zero-order chi connectivity index (χ0) is 32.5. The van der Waals surface area contributed by atoms with Gasteiger partial charge in [0, 0.05) is 43.9 Å². The fourth-order valence-electron chi connectivity index (χ4n) is 7.27. The number of nitrogens with one attached hydrogen (secondary N) is 1. The Hall–Kier alpha value is -3.87. The minimum atomic E-state index is -4.89. The lowest BCUT2D eigenvalue weighted by Crippen LogP contribution is -2.43. The molecule has 242 valence electrons. The van der Waals surface area contributed by atoms with Gasteiger partial charge in [0.2, 0.25) is 0 Å². The predicted octanol–water partition coefficient (Wildman–Crippen LogP) is 5.82. The number of ether oxygens (including phenoxy) is 1. The van der Waals surface area contributed by atoms with Crippen LogP contribution in [-0.2, 0) is 6.18 Å². The number of fused-ring (bicyclic) bond motifs is 3. The lowest BCUT2D eigenvalue weighted by Gasteiger charge is -2.31. The van der Waals surface area contributed by atoms with Gasteiger partial charge in [0.05, 0.1) is 32.9 Å². The second kappa shape index (κ2) is 11.1. The number of halogens is 6. The molecule has 15 heteroatoms. The molecule has 0 unspecified atom stereocenters. The highest BCUT2D eigenvalue weighted by atomic mass is 32.1. The average Bonchev–Trinajstić information content (AvgIpc) is 3.76. The van der Waals surface area contributed by atoms with Crippen molar-refractivity contribution in [2.24, 2.45) is 0 Å². The monoisotopic (exact) mass is 661 g/mol. The summed E-state index contributed by atoms with van der Waals surface area (Å²) in [5.74, 6) is -0.687. The lowest BCUT2D eigenvalue weighted by molar-refractivity contribution is -0.137. The summed E-state index contributed by atoms with van der Waals surface area (Å²) in [6.45, 7) is 1.42. The van der Waals surface area contributed by atoms with Crippen molar-refractivity contribution in [3.8, 4) is 23.2 Å². The van der Waals surface area contributed by atoms with Gasteiger partial charge in [0.15, 0.2) is 0 Å². The summed E-state index contributed by atoms with van der Waals surface area (Å²) in [4.78, 5) is 12.5. The maximum absolute atomic E-state index is 14.9. The number of nitrogens with two attached hydrogens (primary N) is 1. The molecule has 3 aliphatic heterocycles. The van der Waals surface area contributed by atoms with Crippen LogP contribution in [0.4, 0.5) is 37.2 Å². The van der Waals surface area contributed by atoms with Crippen molar-refractivity contribution in [3.05, 3.63) is 41.2 Å². The molecule has 5 heterocycles. The summed E-state index contributed by atoms with van der Waals surface area (Å²) < 4.78 is 94.6. The van der Waals surface area contributed by atoms with Crippen LogP contribution in [0, 0.1) is 17.1 Å². The average molecular weight is 662 g/mol. The van der Waals surface area contributed by atoms with Gasteiger partial charge in [-0.3, -0.25) is 4.90 Å². The minimum absolute atomic E-state index is 0.000866. The van der Waals surface area contributed by atoms with Crippen LogP contribution >= 0.6 is 11.3 Å². The maximum Gasteiger partial charge on any atom is 0.417 e. The van der Waals surface area contributed by atoms with Crippen LogP contribution in [0.5, 0.6) is 6.01 Å². The molecule has 0 bridgehead atoms. The summed E-state index contributed by atoms with van der Waals surface area (Å²) in [5, 5.41) is 12.7. The Balaban J connectivity index is 1.43. The van der Waals surface area contributed by atoms with E-state index in [9.17, 15) is 31.6 Å². The van der Waals surface area contributed by atoms with E-state index in [1.54, 1.807) is 7.05 Å². The maximum atomic E-state index is 14.9. The fourth-order valence-corrected chi connectivity index (χ4v) is 8.22. The Kier molecular flexibility index (Phi) is 7.45. The number of thiophene rings is 1. The van der Waals surface area contributed by atoms with Gasteiger partial charge in [0.25, 0.3) is 0 Å². The first kappa shape index (κ1) is 30.8. The van der Waals surface area contributed by atoms with E-state index < -0.39 is 41.5 Å². The van der Waals surface area contributed by atoms with Crippen molar-refractivity contribution in [2.75, 3.05) is 50.5 Å². The van der Waals surface area contributed by atoms with Crippen molar-refractivity contribution in [2.45, 2.75) is 49.4 Å². The summed E-state index contributed by atoms with van der Waals surface area (Å²) in [6, 6.07) is 5.35. The third kappa shape index (κ3) is 4.98. The van der Waals surface area contributed by atoms with Crippen molar-refractivity contribution in [1.29, 1.82) is 5.26 Å². The van der Waals surface area contributed by atoms with E-state index in [4.69, 9.17) is 10.5 Å². The van der Waals surface area contributed by atoms with Gasteiger partial charge in [-0.05, 0) is 48.7 Å². The third-order valence-corrected chi connectivity index (χ3v) is 10.5. The second-order valence-corrected chi connectivity index (χ2v) is 13.3. The molecule has 2 aromatic carbocycles. The molecule has 3 fully saturated rings. The topological polar surface area (TPSA) is 103 Å². The number of alkyl halides is 5. The molecule has 3 saturated heterocycles. The van der Waals surface area contributed by atoms with Crippen LogP contribution < -0.4 is 20.7 Å². The molecule has 8 nitrogen and oxygen atoms in total. The molecule has 46 heavy (non-hydrogen) atoms.